The lowest BCUT2D eigenvalue weighted by atomic mass is 10.2. The van der Waals surface area contributed by atoms with E-state index in [4.69, 9.17) is 32.9 Å². The maximum Gasteiger partial charge on any atom is 0.254 e. The quantitative estimate of drug-likeness (QED) is 0.620. The van der Waals surface area contributed by atoms with E-state index < -0.39 is 0 Å². The number of hydrogen-bond acceptors (Lipinski definition) is 5. The van der Waals surface area contributed by atoms with Gasteiger partial charge in [-0.2, -0.15) is 0 Å². The largest absolute Gasteiger partial charge is 0.493 e. The number of anilines is 1. The molecule has 0 N–H and O–H groups in total. The average molecular weight is 422 g/mol. The number of methoxy groups -OCH3 is 1. The van der Waals surface area contributed by atoms with E-state index in [1.807, 2.05) is 17.0 Å². The van der Waals surface area contributed by atoms with Crippen LogP contribution in [0.4, 0.5) is 5.13 Å². The Labute approximate surface area is 171 Å². The topological polar surface area (TPSA) is 45.7 Å². The fourth-order valence-electron chi connectivity index (χ4n) is 3.17. The summed E-state index contributed by atoms with van der Waals surface area (Å²) in [7, 11) is 1.60. The number of ether oxygens (including phenoxy) is 1. The first kappa shape index (κ1) is 18.3. The van der Waals surface area contributed by atoms with Gasteiger partial charge in [-0.05, 0) is 30.3 Å². The number of fused-ring (bicyclic) bond motifs is 1. The second-order valence-corrected chi connectivity index (χ2v) is 8.07. The molecular weight excluding hydrogens is 405 g/mol. The molecule has 0 aliphatic carbocycles. The van der Waals surface area contributed by atoms with Gasteiger partial charge < -0.3 is 14.5 Å². The number of piperazine rings is 1. The number of amides is 1. The molecule has 140 valence electrons. The molecule has 5 nitrogen and oxygen atoms in total. The van der Waals surface area contributed by atoms with Crippen molar-refractivity contribution >= 4 is 55.8 Å². The van der Waals surface area contributed by atoms with Crippen molar-refractivity contribution in [1.29, 1.82) is 0 Å². The van der Waals surface area contributed by atoms with E-state index >= 15 is 0 Å². The number of carbonyl (C=O) groups excluding carboxylic acids is 1. The summed E-state index contributed by atoms with van der Waals surface area (Å²) in [4.78, 5) is 21.4. The molecule has 0 radical (unpaired) electrons. The molecule has 1 aromatic heterocycles. The first-order valence-corrected chi connectivity index (χ1v) is 10.1. The average Bonchev–Trinajstić information content (AvgIpc) is 3.12. The van der Waals surface area contributed by atoms with Gasteiger partial charge in [-0.15, -0.1) is 0 Å². The number of rotatable bonds is 3. The van der Waals surface area contributed by atoms with Crippen LogP contribution in [-0.2, 0) is 0 Å². The van der Waals surface area contributed by atoms with Crippen molar-refractivity contribution in [1.82, 2.24) is 9.88 Å². The van der Waals surface area contributed by atoms with Crippen molar-refractivity contribution in [3.8, 4) is 5.75 Å². The van der Waals surface area contributed by atoms with Crippen molar-refractivity contribution in [2.45, 2.75) is 0 Å². The number of carbonyl (C=O) groups is 1. The predicted molar refractivity (Wildman–Crippen MR) is 111 cm³/mol. The molecule has 1 amide bonds. The molecule has 4 rings (SSSR count). The van der Waals surface area contributed by atoms with Gasteiger partial charge in [0.2, 0.25) is 0 Å². The third kappa shape index (κ3) is 3.57. The molecule has 0 spiro atoms. The van der Waals surface area contributed by atoms with Crippen molar-refractivity contribution in [3.05, 3.63) is 52.0 Å². The van der Waals surface area contributed by atoms with Crippen molar-refractivity contribution in [2.24, 2.45) is 0 Å². The molecule has 2 heterocycles. The highest BCUT2D eigenvalue weighted by Crippen LogP contribution is 2.38. The van der Waals surface area contributed by atoms with E-state index in [1.165, 1.54) is 0 Å². The Hall–Kier alpha value is -2.02. The molecular formula is C19H17Cl2N3O2S. The Kier molecular flexibility index (Phi) is 5.12. The monoisotopic (exact) mass is 421 g/mol. The molecule has 1 aliphatic rings. The number of aromatic nitrogens is 1. The fraction of sp³-hybridized carbons (Fsp3) is 0.263. The van der Waals surface area contributed by atoms with Gasteiger partial charge in [-0.3, -0.25) is 4.79 Å². The number of nitrogens with zero attached hydrogens (tertiary/aromatic N) is 3. The molecule has 27 heavy (non-hydrogen) atoms. The van der Waals surface area contributed by atoms with Crippen LogP contribution in [0.25, 0.3) is 10.2 Å². The molecule has 2 aromatic carbocycles. The number of hydrogen-bond donors (Lipinski definition) is 0. The Bertz CT molecular complexity index is 1000. The molecule has 1 fully saturated rings. The van der Waals surface area contributed by atoms with E-state index in [-0.39, 0.29) is 5.91 Å². The van der Waals surface area contributed by atoms with E-state index in [9.17, 15) is 4.79 Å². The summed E-state index contributed by atoms with van der Waals surface area (Å²) in [6, 6.07) is 10.9. The fourth-order valence-corrected chi connectivity index (χ4v) is 4.60. The molecule has 1 saturated heterocycles. The van der Waals surface area contributed by atoms with Crippen LogP contribution in [0.5, 0.6) is 5.75 Å². The first-order chi connectivity index (χ1) is 13.1. The number of thiazole rings is 1. The van der Waals surface area contributed by atoms with E-state index in [0.29, 0.717) is 34.4 Å². The van der Waals surface area contributed by atoms with Gasteiger partial charge in [0.25, 0.3) is 5.91 Å². The zero-order chi connectivity index (χ0) is 19.0. The standard InChI is InChI=1S/C19H17Cl2N3O2S/c1-26-17-14(21)5-6-15-16(17)22-19(27-15)24-9-7-23(8-10-24)18(25)12-3-2-4-13(20)11-12/h2-6,11H,7-10H2,1H3. The Balaban J connectivity index is 1.49. The molecule has 8 heteroatoms. The van der Waals surface area contributed by atoms with Gasteiger partial charge in [0.1, 0.15) is 5.52 Å². The lowest BCUT2D eigenvalue weighted by Gasteiger charge is -2.34. The summed E-state index contributed by atoms with van der Waals surface area (Å²) in [5, 5.41) is 2.04. The summed E-state index contributed by atoms with van der Waals surface area (Å²) in [5.41, 5.74) is 1.40. The minimum absolute atomic E-state index is 0.00917. The lowest BCUT2D eigenvalue weighted by molar-refractivity contribution is 0.0747. The molecule has 0 saturated carbocycles. The van der Waals surface area contributed by atoms with Crippen LogP contribution in [0.15, 0.2) is 36.4 Å². The third-order valence-corrected chi connectivity index (χ3v) is 6.18. The highest BCUT2D eigenvalue weighted by molar-refractivity contribution is 7.22. The van der Waals surface area contributed by atoms with Crippen LogP contribution in [0.1, 0.15) is 10.4 Å². The highest BCUT2D eigenvalue weighted by Gasteiger charge is 2.24. The van der Waals surface area contributed by atoms with Crippen LogP contribution >= 0.6 is 34.5 Å². The second-order valence-electron chi connectivity index (χ2n) is 6.21. The van der Waals surface area contributed by atoms with Gasteiger partial charge in [0.15, 0.2) is 10.9 Å². The van der Waals surface area contributed by atoms with Gasteiger partial charge in [-0.1, -0.05) is 40.6 Å². The van der Waals surface area contributed by atoms with Crippen LogP contribution in [0.2, 0.25) is 10.0 Å². The molecule has 0 bridgehead atoms. The minimum Gasteiger partial charge on any atom is -0.493 e. The molecule has 0 unspecified atom stereocenters. The normalized spacial score (nSPS) is 14.6. The first-order valence-electron chi connectivity index (χ1n) is 8.49. The predicted octanol–water partition coefficient (Wildman–Crippen LogP) is 4.57. The SMILES string of the molecule is COc1c(Cl)ccc2sc(N3CCN(C(=O)c4cccc(Cl)c4)CC3)nc12. The van der Waals surface area contributed by atoms with Crippen molar-refractivity contribution in [3.63, 3.8) is 0 Å². The maximum absolute atomic E-state index is 12.7. The molecule has 3 aromatic rings. The zero-order valence-electron chi connectivity index (χ0n) is 14.6. The number of halogens is 2. The summed E-state index contributed by atoms with van der Waals surface area (Å²) in [6.07, 6.45) is 0. The highest BCUT2D eigenvalue weighted by atomic mass is 35.5. The second kappa shape index (κ2) is 7.54. The summed E-state index contributed by atoms with van der Waals surface area (Å²) in [5.74, 6) is 0.612. The van der Waals surface area contributed by atoms with E-state index in [1.54, 1.807) is 42.7 Å². The van der Waals surface area contributed by atoms with Crippen LogP contribution < -0.4 is 9.64 Å². The van der Waals surface area contributed by atoms with Crippen LogP contribution in [0.3, 0.4) is 0 Å². The minimum atomic E-state index is 0.00917. The Morgan fingerprint density at radius 2 is 1.93 bits per heavy atom. The lowest BCUT2D eigenvalue weighted by Crippen LogP contribution is -2.48. The van der Waals surface area contributed by atoms with Gasteiger partial charge in [0.05, 0.1) is 16.8 Å². The Morgan fingerprint density at radius 1 is 1.15 bits per heavy atom. The van der Waals surface area contributed by atoms with Crippen LogP contribution in [0, 0.1) is 0 Å². The van der Waals surface area contributed by atoms with Crippen LogP contribution in [-0.4, -0.2) is 49.1 Å². The Morgan fingerprint density at radius 3 is 2.63 bits per heavy atom. The molecule has 0 atom stereocenters. The van der Waals surface area contributed by atoms with Crippen molar-refractivity contribution < 1.29 is 9.53 Å². The number of benzene rings is 2. The molecule has 1 aliphatic heterocycles. The zero-order valence-corrected chi connectivity index (χ0v) is 16.9. The van der Waals surface area contributed by atoms with Gasteiger partial charge in [-0.25, -0.2) is 4.98 Å². The maximum atomic E-state index is 12.7. The van der Waals surface area contributed by atoms with Gasteiger partial charge in [0, 0.05) is 36.8 Å². The third-order valence-electron chi connectivity index (χ3n) is 4.57. The van der Waals surface area contributed by atoms with E-state index in [2.05, 4.69) is 4.90 Å². The smallest absolute Gasteiger partial charge is 0.254 e. The van der Waals surface area contributed by atoms with Gasteiger partial charge >= 0.3 is 0 Å². The van der Waals surface area contributed by atoms with Crippen molar-refractivity contribution in [2.75, 3.05) is 38.2 Å². The van der Waals surface area contributed by atoms with E-state index in [0.717, 1.165) is 28.4 Å². The summed E-state index contributed by atoms with van der Waals surface area (Å²) < 4.78 is 6.43. The summed E-state index contributed by atoms with van der Waals surface area (Å²) in [6.45, 7) is 2.72. The summed E-state index contributed by atoms with van der Waals surface area (Å²) >= 11 is 13.8.